The number of hydrogen-bond acceptors (Lipinski definition) is 6. The number of hydrazine groups is 1. The predicted molar refractivity (Wildman–Crippen MR) is 113 cm³/mol. The Morgan fingerprint density at radius 1 is 1.17 bits per heavy atom. The second-order valence-electron chi connectivity index (χ2n) is 5.84. The van der Waals surface area contributed by atoms with E-state index >= 15 is 0 Å². The van der Waals surface area contributed by atoms with Crippen molar-refractivity contribution < 1.29 is 24.5 Å². The van der Waals surface area contributed by atoms with Crippen molar-refractivity contribution in [2.75, 3.05) is 27.2 Å². The summed E-state index contributed by atoms with van der Waals surface area (Å²) in [4.78, 5) is 19.4. The van der Waals surface area contributed by atoms with Gasteiger partial charge < -0.3 is 20.3 Å². The minimum atomic E-state index is -0.250. The lowest BCUT2D eigenvalue weighted by atomic mass is 10.2. The number of amides is 1. The lowest BCUT2D eigenvalue weighted by molar-refractivity contribution is -0.122. The van der Waals surface area contributed by atoms with Crippen LogP contribution in [0.5, 0.6) is 5.75 Å². The Kier molecular flexibility index (Phi) is 15.4. The van der Waals surface area contributed by atoms with E-state index in [1.807, 2.05) is 42.5 Å². The number of hydrogen-bond donors (Lipinski definition) is 5. The number of carboxylic acid groups (broad SMARTS) is 1. The standard InChI is InChI=1S/C8H10N2O.C8H10O.C4H9NO.CH2O2/c1-9-10-8(11)7-5-3-2-4-6-7;1-7-3-5-8(9-2)6-4-7;6-4-1-2-5-3-4;2-1-3/h2-6,9H,1H3,(H,10,11);3-6H,1-2H3;4-6H,1-3H2;1H,(H,2,3). The summed E-state index contributed by atoms with van der Waals surface area (Å²) < 4.78 is 4.97. The summed E-state index contributed by atoms with van der Waals surface area (Å²) in [5.41, 5.74) is 6.95. The van der Waals surface area contributed by atoms with E-state index < -0.39 is 0 Å². The molecular formula is C21H31N3O5. The van der Waals surface area contributed by atoms with Crippen molar-refractivity contribution in [3.05, 3.63) is 65.7 Å². The topological polar surface area (TPSA) is 120 Å². The molecule has 29 heavy (non-hydrogen) atoms. The Hall–Kier alpha value is -2.94. The molecule has 3 rings (SSSR count). The molecule has 0 saturated carbocycles. The van der Waals surface area contributed by atoms with Gasteiger partial charge in [-0.2, -0.15) is 0 Å². The highest BCUT2D eigenvalue weighted by atomic mass is 16.5. The minimum Gasteiger partial charge on any atom is -0.497 e. The number of carbonyl (C=O) groups excluding carboxylic acids is 1. The van der Waals surface area contributed by atoms with E-state index in [0.717, 1.165) is 25.3 Å². The molecule has 0 aliphatic carbocycles. The van der Waals surface area contributed by atoms with Crippen molar-refractivity contribution in [1.82, 2.24) is 16.2 Å². The average Bonchev–Trinajstić information content (AvgIpc) is 3.22. The Labute approximate surface area is 171 Å². The first-order valence-electron chi connectivity index (χ1n) is 9.07. The first-order valence-corrected chi connectivity index (χ1v) is 9.07. The summed E-state index contributed by atoms with van der Waals surface area (Å²) in [6.07, 6.45) is 0.866. The number of aryl methyl sites for hydroxylation is 1. The summed E-state index contributed by atoms with van der Waals surface area (Å²) in [6.45, 7) is 3.58. The maximum Gasteiger partial charge on any atom is 0.290 e. The van der Waals surface area contributed by atoms with Crippen molar-refractivity contribution in [2.24, 2.45) is 0 Å². The number of aliphatic hydroxyl groups is 1. The Bertz CT molecular complexity index is 660. The van der Waals surface area contributed by atoms with Crippen molar-refractivity contribution in [2.45, 2.75) is 19.4 Å². The van der Waals surface area contributed by atoms with E-state index in [1.54, 1.807) is 26.3 Å². The zero-order valence-corrected chi connectivity index (χ0v) is 17.1. The van der Waals surface area contributed by atoms with E-state index in [1.165, 1.54) is 5.56 Å². The molecular weight excluding hydrogens is 374 g/mol. The van der Waals surface area contributed by atoms with Gasteiger partial charge in [0.05, 0.1) is 13.2 Å². The molecule has 160 valence electrons. The molecule has 1 atom stereocenters. The molecule has 2 aromatic rings. The second kappa shape index (κ2) is 17.2. The summed E-state index contributed by atoms with van der Waals surface area (Å²) in [5.74, 6) is 0.800. The molecule has 1 unspecified atom stereocenters. The molecule has 8 heteroatoms. The SMILES string of the molecule is CNNC(=O)c1ccccc1.COc1ccc(C)cc1.O=CO.OC1CCNC1. The van der Waals surface area contributed by atoms with Crippen molar-refractivity contribution in [3.63, 3.8) is 0 Å². The van der Waals surface area contributed by atoms with Crippen LogP contribution in [0.4, 0.5) is 0 Å². The van der Waals surface area contributed by atoms with Crippen molar-refractivity contribution >= 4 is 12.4 Å². The van der Waals surface area contributed by atoms with Crippen LogP contribution in [-0.2, 0) is 4.79 Å². The number of benzene rings is 2. The third-order valence-electron chi connectivity index (χ3n) is 3.57. The van der Waals surface area contributed by atoms with Gasteiger partial charge in [0, 0.05) is 19.2 Å². The van der Waals surface area contributed by atoms with Crippen molar-refractivity contribution in [3.8, 4) is 5.75 Å². The molecule has 0 spiro atoms. The fourth-order valence-corrected chi connectivity index (χ4v) is 2.09. The fraction of sp³-hybridized carbons (Fsp3) is 0.333. The van der Waals surface area contributed by atoms with E-state index in [9.17, 15) is 4.79 Å². The lowest BCUT2D eigenvalue weighted by Gasteiger charge is -2.00. The van der Waals surface area contributed by atoms with Crippen LogP contribution in [0.1, 0.15) is 22.3 Å². The van der Waals surface area contributed by atoms with Gasteiger partial charge in [-0.25, -0.2) is 5.43 Å². The molecule has 2 aromatic carbocycles. The number of aliphatic hydroxyl groups excluding tert-OH is 1. The van der Waals surface area contributed by atoms with E-state index in [2.05, 4.69) is 23.1 Å². The Morgan fingerprint density at radius 3 is 2.14 bits per heavy atom. The quantitative estimate of drug-likeness (QED) is 0.389. The van der Waals surface area contributed by atoms with Crippen LogP contribution in [0.3, 0.4) is 0 Å². The van der Waals surface area contributed by atoms with Gasteiger partial charge in [-0.1, -0.05) is 35.9 Å². The van der Waals surface area contributed by atoms with Gasteiger partial charge in [-0.05, 0) is 44.2 Å². The monoisotopic (exact) mass is 405 g/mol. The largest absolute Gasteiger partial charge is 0.497 e. The summed E-state index contributed by atoms with van der Waals surface area (Å²) >= 11 is 0. The summed E-state index contributed by atoms with van der Waals surface area (Å²) in [6, 6.07) is 17.0. The molecule has 1 heterocycles. The Balaban J connectivity index is 0.000000392. The smallest absolute Gasteiger partial charge is 0.290 e. The van der Waals surface area contributed by atoms with Gasteiger partial charge in [0.1, 0.15) is 5.75 Å². The third-order valence-corrected chi connectivity index (χ3v) is 3.57. The van der Waals surface area contributed by atoms with Crippen LogP contribution in [0.2, 0.25) is 0 Å². The van der Waals surface area contributed by atoms with Crippen LogP contribution in [-0.4, -0.2) is 55.9 Å². The van der Waals surface area contributed by atoms with Gasteiger partial charge in [0.25, 0.3) is 12.4 Å². The van der Waals surface area contributed by atoms with Crippen molar-refractivity contribution in [1.29, 1.82) is 0 Å². The average molecular weight is 405 g/mol. The molecule has 1 aliphatic rings. The van der Waals surface area contributed by atoms with Crippen LogP contribution in [0, 0.1) is 6.92 Å². The highest BCUT2D eigenvalue weighted by Crippen LogP contribution is 2.09. The van der Waals surface area contributed by atoms with Crippen LogP contribution < -0.4 is 20.9 Å². The molecule has 8 nitrogen and oxygen atoms in total. The zero-order valence-electron chi connectivity index (χ0n) is 17.1. The van der Waals surface area contributed by atoms with Gasteiger partial charge in [0.2, 0.25) is 0 Å². The maximum absolute atomic E-state index is 11.1. The molecule has 1 aliphatic heterocycles. The number of ether oxygens (including phenoxy) is 1. The predicted octanol–water partition coefficient (Wildman–Crippen LogP) is 1.60. The third kappa shape index (κ3) is 13.8. The first kappa shape index (κ1) is 26.1. The fourth-order valence-electron chi connectivity index (χ4n) is 2.09. The van der Waals surface area contributed by atoms with Crippen LogP contribution >= 0.6 is 0 Å². The van der Waals surface area contributed by atoms with Crippen LogP contribution in [0.15, 0.2) is 54.6 Å². The Morgan fingerprint density at radius 2 is 1.76 bits per heavy atom. The number of nitrogens with one attached hydrogen (secondary N) is 3. The molecule has 0 aromatic heterocycles. The highest BCUT2D eigenvalue weighted by Gasteiger charge is 2.08. The zero-order chi connectivity index (χ0) is 21.9. The molecule has 1 fully saturated rings. The van der Waals surface area contributed by atoms with Gasteiger partial charge in [-0.3, -0.25) is 15.0 Å². The summed E-state index contributed by atoms with van der Waals surface area (Å²) in [5, 5.41) is 18.6. The maximum atomic E-state index is 11.1. The first-order chi connectivity index (χ1) is 14.0. The number of rotatable bonds is 3. The normalized spacial score (nSPS) is 13.9. The lowest BCUT2D eigenvalue weighted by Crippen LogP contribution is -2.33. The highest BCUT2D eigenvalue weighted by molar-refractivity contribution is 5.93. The number of β-amino-alcohol motifs (C(OH)–C–C–N with tert-alkyl or cyclic N) is 1. The molecule has 1 saturated heterocycles. The van der Waals surface area contributed by atoms with Crippen LogP contribution in [0.25, 0.3) is 0 Å². The second-order valence-corrected chi connectivity index (χ2v) is 5.84. The number of methoxy groups -OCH3 is 1. The number of carbonyl (C=O) groups is 2. The summed E-state index contributed by atoms with van der Waals surface area (Å²) in [7, 11) is 3.32. The van der Waals surface area contributed by atoms with E-state index in [0.29, 0.717) is 5.56 Å². The van der Waals surface area contributed by atoms with Gasteiger partial charge >= 0.3 is 0 Å². The van der Waals surface area contributed by atoms with E-state index in [4.69, 9.17) is 19.7 Å². The molecule has 5 N–H and O–H groups in total. The van der Waals surface area contributed by atoms with Gasteiger partial charge in [0.15, 0.2) is 0 Å². The molecule has 0 bridgehead atoms. The van der Waals surface area contributed by atoms with E-state index in [-0.39, 0.29) is 18.5 Å². The minimum absolute atomic E-state index is 0.0648. The molecule has 0 radical (unpaired) electrons. The van der Waals surface area contributed by atoms with Gasteiger partial charge in [-0.15, -0.1) is 0 Å². The molecule has 1 amide bonds.